The van der Waals surface area contributed by atoms with Gasteiger partial charge in [-0.1, -0.05) is 38.5 Å². The molecule has 2 N–H and O–H groups in total. The van der Waals surface area contributed by atoms with Gasteiger partial charge in [0.25, 0.3) is 0 Å². The van der Waals surface area contributed by atoms with E-state index in [0.29, 0.717) is 26.2 Å². The number of aliphatic hydroxyl groups excluding tert-OH is 1. The number of hydrogen-bond donors (Lipinski definition) is 2. The zero-order chi connectivity index (χ0) is 19.9. The molecule has 0 radical (unpaired) electrons. The van der Waals surface area contributed by atoms with Crippen LogP contribution in [0.25, 0.3) is 0 Å². The van der Waals surface area contributed by atoms with Gasteiger partial charge in [0, 0.05) is 13.0 Å². The maximum atomic E-state index is 12.2. The lowest BCUT2D eigenvalue weighted by molar-refractivity contribution is -0.146. The Morgan fingerprint density at radius 2 is 1.70 bits per heavy atom. The molecule has 0 aromatic heterocycles. The van der Waals surface area contributed by atoms with Crippen LogP contribution in [0.5, 0.6) is 0 Å². The fraction of sp³-hybridized carbons (Fsp3) is 0.905. The van der Waals surface area contributed by atoms with Gasteiger partial charge in [-0.2, -0.15) is 0 Å². The van der Waals surface area contributed by atoms with E-state index in [-0.39, 0.29) is 30.0 Å². The summed E-state index contributed by atoms with van der Waals surface area (Å²) in [6.45, 7) is 5.10. The highest BCUT2D eigenvalue weighted by Gasteiger charge is 2.25. The van der Waals surface area contributed by atoms with Crippen LogP contribution in [-0.4, -0.2) is 48.9 Å². The Bertz CT molecular complexity index is 415. The lowest BCUT2D eigenvalue weighted by Crippen LogP contribution is -2.42. The Morgan fingerprint density at radius 3 is 2.44 bits per heavy atom. The molecule has 1 rings (SSSR count). The van der Waals surface area contributed by atoms with E-state index in [1.54, 1.807) is 0 Å². The number of nitrogens with one attached hydrogen (secondary N) is 1. The van der Waals surface area contributed by atoms with Crippen molar-refractivity contribution >= 4 is 11.9 Å². The van der Waals surface area contributed by atoms with Crippen LogP contribution in [0, 0.1) is 5.92 Å². The van der Waals surface area contributed by atoms with Gasteiger partial charge in [-0.3, -0.25) is 9.59 Å². The van der Waals surface area contributed by atoms with Gasteiger partial charge in [-0.15, -0.1) is 0 Å². The summed E-state index contributed by atoms with van der Waals surface area (Å²) in [4.78, 5) is 23.6. The first kappa shape index (κ1) is 23.9. The highest BCUT2D eigenvalue weighted by Crippen LogP contribution is 2.23. The zero-order valence-corrected chi connectivity index (χ0v) is 17.2. The molecule has 0 aliphatic heterocycles. The van der Waals surface area contributed by atoms with E-state index in [0.717, 1.165) is 57.8 Å². The molecule has 158 valence electrons. The first-order valence-corrected chi connectivity index (χ1v) is 10.8. The van der Waals surface area contributed by atoms with Crippen LogP contribution in [0.4, 0.5) is 0 Å². The third-order valence-corrected chi connectivity index (χ3v) is 5.25. The van der Waals surface area contributed by atoms with Crippen molar-refractivity contribution in [2.75, 3.05) is 19.8 Å². The van der Waals surface area contributed by atoms with Crippen LogP contribution in [-0.2, 0) is 19.1 Å². The topological polar surface area (TPSA) is 84.9 Å². The molecule has 1 fully saturated rings. The second kappa shape index (κ2) is 14.9. The predicted molar refractivity (Wildman–Crippen MR) is 105 cm³/mol. The molecule has 27 heavy (non-hydrogen) atoms. The van der Waals surface area contributed by atoms with Crippen LogP contribution < -0.4 is 5.32 Å². The van der Waals surface area contributed by atoms with Crippen molar-refractivity contribution in [1.29, 1.82) is 0 Å². The van der Waals surface area contributed by atoms with Crippen molar-refractivity contribution in [3.05, 3.63) is 0 Å². The molecule has 6 heteroatoms. The fourth-order valence-corrected chi connectivity index (χ4v) is 3.65. The number of esters is 2. The zero-order valence-electron chi connectivity index (χ0n) is 17.2. The summed E-state index contributed by atoms with van der Waals surface area (Å²) in [6.07, 6.45) is 9.86. The summed E-state index contributed by atoms with van der Waals surface area (Å²) < 4.78 is 10.1. The Balaban J connectivity index is 2.31. The Morgan fingerprint density at radius 1 is 1.00 bits per heavy atom. The number of aliphatic hydroxyl groups is 1. The average molecular weight is 386 g/mol. The highest BCUT2D eigenvalue weighted by atomic mass is 16.5. The number of unbranched alkanes of at least 4 members (excludes halogenated alkanes) is 3. The van der Waals surface area contributed by atoms with Crippen molar-refractivity contribution in [3.63, 3.8) is 0 Å². The van der Waals surface area contributed by atoms with E-state index in [1.807, 2.05) is 13.8 Å². The summed E-state index contributed by atoms with van der Waals surface area (Å²) in [5.74, 6) is -0.119. The Hall–Kier alpha value is -1.14. The van der Waals surface area contributed by atoms with E-state index >= 15 is 0 Å². The van der Waals surface area contributed by atoms with Crippen LogP contribution in [0.15, 0.2) is 0 Å². The molecule has 0 bridgehead atoms. The minimum atomic E-state index is -0.314. The fourth-order valence-electron chi connectivity index (χ4n) is 3.65. The molecule has 0 saturated heterocycles. The third kappa shape index (κ3) is 10.7. The highest BCUT2D eigenvalue weighted by molar-refractivity contribution is 5.75. The van der Waals surface area contributed by atoms with Crippen LogP contribution in [0.2, 0.25) is 0 Å². The normalized spacial score (nSPS) is 21.3. The quantitative estimate of drug-likeness (QED) is 0.287. The van der Waals surface area contributed by atoms with Crippen molar-refractivity contribution in [2.24, 2.45) is 5.92 Å². The van der Waals surface area contributed by atoms with Crippen LogP contribution in [0.1, 0.15) is 84.5 Å². The number of rotatable bonds is 13. The molecule has 0 aromatic carbocycles. The Labute approximate surface area is 164 Å². The summed E-state index contributed by atoms with van der Waals surface area (Å²) in [5.41, 5.74) is 0. The summed E-state index contributed by atoms with van der Waals surface area (Å²) in [7, 11) is 0. The molecule has 0 spiro atoms. The standard InChI is InChI=1S/C21H39NO5/c1-3-26-20(24)15-11-6-5-9-13-18(21(25)27-4-2)22-16-17-12-8-7-10-14-19(17)23/h17-19,22-23H,3-16H2,1-2H3. The van der Waals surface area contributed by atoms with Crippen molar-refractivity contribution in [2.45, 2.75) is 96.6 Å². The summed E-state index contributed by atoms with van der Waals surface area (Å²) in [6, 6.07) is -0.314. The minimum Gasteiger partial charge on any atom is -0.466 e. The SMILES string of the molecule is CCOC(=O)CCCCCCC(NCC1CCCCCC1O)C(=O)OCC. The summed E-state index contributed by atoms with van der Waals surface area (Å²) in [5, 5.41) is 13.6. The van der Waals surface area contributed by atoms with E-state index in [1.165, 1.54) is 6.42 Å². The van der Waals surface area contributed by atoms with E-state index in [2.05, 4.69) is 5.32 Å². The molecule has 0 amide bonds. The molecule has 1 saturated carbocycles. The molecule has 3 atom stereocenters. The van der Waals surface area contributed by atoms with Crippen LogP contribution >= 0.6 is 0 Å². The molecule has 0 heterocycles. The maximum Gasteiger partial charge on any atom is 0.323 e. The van der Waals surface area contributed by atoms with Crippen molar-refractivity contribution in [1.82, 2.24) is 5.32 Å². The van der Waals surface area contributed by atoms with E-state index in [9.17, 15) is 14.7 Å². The Kier molecular flexibility index (Phi) is 13.2. The van der Waals surface area contributed by atoms with Gasteiger partial charge in [0.1, 0.15) is 6.04 Å². The number of carbonyl (C=O) groups is 2. The monoisotopic (exact) mass is 385 g/mol. The molecule has 1 aliphatic rings. The van der Waals surface area contributed by atoms with Gasteiger partial charge < -0.3 is 19.9 Å². The van der Waals surface area contributed by atoms with Gasteiger partial charge in [0.2, 0.25) is 0 Å². The average Bonchev–Trinajstić information content (AvgIpc) is 2.85. The summed E-state index contributed by atoms with van der Waals surface area (Å²) >= 11 is 0. The molecular formula is C21H39NO5. The largest absolute Gasteiger partial charge is 0.466 e. The van der Waals surface area contributed by atoms with Gasteiger partial charge in [0.15, 0.2) is 0 Å². The van der Waals surface area contributed by atoms with Crippen molar-refractivity contribution in [3.8, 4) is 0 Å². The molecule has 0 aromatic rings. The number of hydrogen-bond acceptors (Lipinski definition) is 6. The molecule has 3 unspecified atom stereocenters. The van der Waals surface area contributed by atoms with Gasteiger partial charge in [-0.05, 0) is 45.4 Å². The smallest absolute Gasteiger partial charge is 0.323 e. The lowest BCUT2D eigenvalue weighted by atomic mass is 9.96. The van der Waals surface area contributed by atoms with Gasteiger partial charge >= 0.3 is 11.9 Å². The number of ether oxygens (including phenoxy) is 2. The van der Waals surface area contributed by atoms with Crippen LogP contribution in [0.3, 0.4) is 0 Å². The minimum absolute atomic E-state index is 0.134. The lowest BCUT2D eigenvalue weighted by Gasteiger charge is -2.24. The van der Waals surface area contributed by atoms with E-state index < -0.39 is 0 Å². The second-order valence-electron chi connectivity index (χ2n) is 7.44. The molecule has 6 nitrogen and oxygen atoms in total. The first-order chi connectivity index (χ1) is 13.1. The molecular weight excluding hydrogens is 346 g/mol. The van der Waals surface area contributed by atoms with Gasteiger partial charge in [0.05, 0.1) is 19.3 Å². The maximum absolute atomic E-state index is 12.2. The van der Waals surface area contributed by atoms with E-state index in [4.69, 9.17) is 9.47 Å². The van der Waals surface area contributed by atoms with Gasteiger partial charge in [-0.25, -0.2) is 0 Å². The third-order valence-electron chi connectivity index (χ3n) is 5.25. The first-order valence-electron chi connectivity index (χ1n) is 10.8. The predicted octanol–water partition coefficient (Wildman–Crippen LogP) is 3.35. The molecule has 1 aliphatic carbocycles. The number of carbonyl (C=O) groups excluding carboxylic acids is 2. The second-order valence-corrected chi connectivity index (χ2v) is 7.44. The van der Waals surface area contributed by atoms with Crippen molar-refractivity contribution < 1.29 is 24.2 Å².